The summed E-state index contributed by atoms with van der Waals surface area (Å²) in [6.45, 7) is 3.05. The molecule has 0 saturated carbocycles. The summed E-state index contributed by atoms with van der Waals surface area (Å²) >= 11 is 0. The van der Waals surface area contributed by atoms with Gasteiger partial charge in [-0.15, -0.1) is 0 Å². The Hall–Kier alpha value is -2.24. The van der Waals surface area contributed by atoms with Gasteiger partial charge in [-0.2, -0.15) is 0 Å². The molecule has 1 atom stereocenters. The van der Waals surface area contributed by atoms with Crippen molar-refractivity contribution in [1.29, 1.82) is 0 Å². The second-order valence-electron chi connectivity index (χ2n) is 4.90. The van der Waals surface area contributed by atoms with Crippen molar-refractivity contribution in [2.24, 2.45) is 0 Å². The summed E-state index contributed by atoms with van der Waals surface area (Å²) in [6, 6.07) is 4.71. The standard InChI is InChI=1S/C15H17NO5/c1-2-19-15(18)11-4-6-14(17)16(11)10-3-5-12-13(9-10)21-8-7-20-12/h3,5,9,11H,2,4,6-8H2,1H3. The molecule has 2 aliphatic rings. The van der Waals surface area contributed by atoms with Crippen LogP contribution in [0.2, 0.25) is 0 Å². The highest BCUT2D eigenvalue weighted by molar-refractivity contribution is 6.02. The van der Waals surface area contributed by atoms with E-state index < -0.39 is 6.04 Å². The lowest BCUT2D eigenvalue weighted by molar-refractivity contribution is -0.144. The summed E-state index contributed by atoms with van der Waals surface area (Å²) < 4.78 is 16.0. The van der Waals surface area contributed by atoms with Crippen LogP contribution >= 0.6 is 0 Å². The van der Waals surface area contributed by atoms with E-state index in [4.69, 9.17) is 14.2 Å². The van der Waals surface area contributed by atoms with E-state index in [1.807, 2.05) is 0 Å². The van der Waals surface area contributed by atoms with E-state index in [-0.39, 0.29) is 11.9 Å². The zero-order valence-electron chi connectivity index (χ0n) is 11.8. The van der Waals surface area contributed by atoms with Crippen LogP contribution in [0.25, 0.3) is 0 Å². The van der Waals surface area contributed by atoms with E-state index in [1.54, 1.807) is 25.1 Å². The molecule has 3 rings (SSSR count). The first-order valence-electron chi connectivity index (χ1n) is 7.09. The third-order valence-electron chi connectivity index (χ3n) is 3.57. The van der Waals surface area contributed by atoms with Crippen molar-refractivity contribution >= 4 is 17.6 Å². The van der Waals surface area contributed by atoms with Crippen molar-refractivity contribution in [1.82, 2.24) is 0 Å². The van der Waals surface area contributed by atoms with Crippen LogP contribution in [0.3, 0.4) is 0 Å². The molecule has 1 fully saturated rings. The van der Waals surface area contributed by atoms with Gasteiger partial charge in [-0.05, 0) is 25.5 Å². The molecule has 0 aromatic heterocycles. The molecule has 0 aliphatic carbocycles. The summed E-state index contributed by atoms with van der Waals surface area (Å²) in [7, 11) is 0. The number of fused-ring (bicyclic) bond motifs is 1. The average Bonchev–Trinajstić information content (AvgIpc) is 2.89. The van der Waals surface area contributed by atoms with E-state index in [1.165, 1.54) is 4.90 Å². The van der Waals surface area contributed by atoms with Crippen LogP contribution in [-0.2, 0) is 14.3 Å². The van der Waals surface area contributed by atoms with Gasteiger partial charge >= 0.3 is 5.97 Å². The maximum Gasteiger partial charge on any atom is 0.329 e. The number of anilines is 1. The minimum Gasteiger partial charge on any atom is -0.486 e. The molecule has 1 unspecified atom stereocenters. The van der Waals surface area contributed by atoms with E-state index in [0.717, 1.165) is 0 Å². The minimum atomic E-state index is -0.556. The van der Waals surface area contributed by atoms with Crippen LogP contribution < -0.4 is 14.4 Å². The number of nitrogens with zero attached hydrogens (tertiary/aromatic N) is 1. The number of carbonyl (C=O) groups is 2. The fraction of sp³-hybridized carbons (Fsp3) is 0.467. The van der Waals surface area contributed by atoms with Crippen molar-refractivity contribution in [2.45, 2.75) is 25.8 Å². The maximum absolute atomic E-state index is 12.1. The number of carbonyl (C=O) groups excluding carboxylic acids is 2. The van der Waals surface area contributed by atoms with Crippen molar-refractivity contribution in [2.75, 3.05) is 24.7 Å². The highest BCUT2D eigenvalue weighted by Crippen LogP contribution is 2.36. The molecule has 1 amide bonds. The number of ether oxygens (including phenoxy) is 3. The zero-order valence-corrected chi connectivity index (χ0v) is 11.8. The Morgan fingerprint density at radius 3 is 2.86 bits per heavy atom. The molecule has 1 aromatic carbocycles. The van der Waals surface area contributed by atoms with Gasteiger partial charge in [0.05, 0.1) is 6.61 Å². The first kappa shape index (κ1) is 13.7. The van der Waals surface area contributed by atoms with Crippen molar-refractivity contribution < 1.29 is 23.8 Å². The first-order valence-corrected chi connectivity index (χ1v) is 7.09. The topological polar surface area (TPSA) is 65.1 Å². The average molecular weight is 291 g/mol. The lowest BCUT2D eigenvalue weighted by Crippen LogP contribution is -2.39. The molecule has 0 spiro atoms. The number of rotatable bonds is 3. The quantitative estimate of drug-likeness (QED) is 0.790. The van der Waals surface area contributed by atoms with Gasteiger partial charge in [0.2, 0.25) is 5.91 Å². The molecule has 2 heterocycles. The van der Waals surface area contributed by atoms with Crippen molar-refractivity contribution in [3.05, 3.63) is 18.2 Å². The molecule has 6 heteroatoms. The fourth-order valence-corrected chi connectivity index (χ4v) is 2.65. The summed E-state index contributed by atoms with van der Waals surface area (Å²) in [5.74, 6) is 0.813. The van der Waals surface area contributed by atoms with Gasteiger partial charge in [0.1, 0.15) is 19.3 Å². The molecule has 0 radical (unpaired) electrons. The van der Waals surface area contributed by atoms with Crippen molar-refractivity contribution in [3.8, 4) is 11.5 Å². The van der Waals surface area contributed by atoms with Gasteiger partial charge in [-0.25, -0.2) is 4.79 Å². The molecule has 112 valence electrons. The van der Waals surface area contributed by atoms with E-state index in [0.29, 0.717) is 49.8 Å². The van der Waals surface area contributed by atoms with Gasteiger partial charge in [-0.3, -0.25) is 9.69 Å². The second-order valence-corrected chi connectivity index (χ2v) is 4.90. The van der Waals surface area contributed by atoms with Gasteiger partial charge in [0.25, 0.3) is 0 Å². The number of hydrogen-bond donors (Lipinski definition) is 0. The van der Waals surface area contributed by atoms with E-state index >= 15 is 0 Å². The number of esters is 1. The lowest BCUT2D eigenvalue weighted by Gasteiger charge is -2.25. The van der Waals surface area contributed by atoms with Gasteiger partial charge in [0.15, 0.2) is 11.5 Å². The number of hydrogen-bond acceptors (Lipinski definition) is 5. The third kappa shape index (κ3) is 2.53. The molecule has 21 heavy (non-hydrogen) atoms. The molecule has 0 N–H and O–H groups in total. The molecule has 0 bridgehead atoms. The molecule has 1 saturated heterocycles. The SMILES string of the molecule is CCOC(=O)C1CCC(=O)N1c1ccc2c(c1)OCCO2. The number of amides is 1. The van der Waals surface area contributed by atoms with Crippen molar-refractivity contribution in [3.63, 3.8) is 0 Å². The monoisotopic (exact) mass is 291 g/mol. The Morgan fingerprint density at radius 2 is 2.10 bits per heavy atom. The second kappa shape index (κ2) is 5.63. The largest absolute Gasteiger partial charge is 0.486 e. The Balaban J connectivity index is 1.89. The van der Waals surface area contributed by atoms with Crippen LogP contribution in [0.4, 0.5) is 5.69 Å². The Bertz CT molecular complexity index is 571. The predicted octanol–water partition coefficient (Wildman–Crippen LogP) is 1.52. The summed E-state index contributed by atoms with van der Waals surface area (Å²) in [4.78, 5) is 25.6. The Kier molecular flexibility index (Phi) is 3.68. The van der Waals surface area contributed by atoms with Crippen LogP contribution in [0.1, 0.15) is 19.8 Å². The molecule has 2 aliphatic heterocycles. The molecular weight excluding hydrogens is 274 g/mol. The number of benzene rings is 1. The molecule has 6 nitrogen and oxygen atoms in total. The maximum atomic E-state index is 12.1. The van der Waals surface area contributed by atoms with Gasteiger partial charge < -0.3 is 14.2 Å². The highest BCUT2D eigenvalue weighted by atomic mass is 16.6. The third-order valence-corrected chi connectivity index (χ3v) is 3.57. The Morgan fingerprint density at radius 1 is 1.33 bits per heavy atom. The molecular formula is C15H17NO5. The highest BCUT2D eigenvalue weighted by Gasteiger charge is 2.38. The summed E-state index contributed by atoms with van der Waals surface area (Å²) in [6.07, 6.45) is 0.823. The summed E-state index contributed by atoms with van der Waals surface area (Å²) in [5, 5.41) is 0. The summed E-state index contributed by atoms with van der Waals surface area (Å²) in [5.41, 5.74) is 0.639. The van der Waals surface area contributed by atoms with Crippen LogP contribution in [0.5, 0.6) is 11.5 Å². The smallest absolute Gasteiger partial charge is 0.329 e. The minimum absolute atomic E-state index is 0.0790. The predicted molar refractivity (Wildman–Crippen MR) is 74.6 cm³/mol. The van der Waals surface area contributed by atoms with Gasteiger partial charge in [0, 0.05) is 18.2 Å². The lowest BCUT2D eigenvalue weighted by atomic mass is 10.2. The van der Waals surface area contributed by atoms with Crippen LogP contribution in [-0.4, -0.2) is 37.7 Å². The van der Waals surface area contributed by atoms with Crippen LogP contribution in [0.15, 0.2) is 18.2 Å². The van der Waals surface area contributed by atoms with Gasteiger partial charge in [-0.1, -0.05) is 0 Å². The normalized spacial score (nSPS) is 20.5. The molecule has 1 aromatic rings. The first-order chi connectivity index (χ1) is 10.2. The Labute approximate surface area is 122 Å². The zero-order chi connectivity index (χ0) is 14.8. The van der Waals surface area contributed by atoms with E-state index in [2.05, 4.69) is 0 Å². The van der Waals surface area contributed by atoms with E-state index in [9.17, 15) is 9.59 Å². The van der Waals surface area contributed by atoms with Crippen LogP contribution in [0, 0.1) is 0 Å². The fourth-order valence-electron chi connectivity index (χ4n) is 2.65.